The van der Waals surface area contributed by atoms with Gasteiger partial charge < -0.3 is 19.4 Å². The lowest BCUT2D eigenvalue weighted by atomic mass is 10.0. The molecule has 1 atom stereocenters. The zero-order valence-electron chi connectivity index (χ0n) is 16.0. The zero-order valence-corrected chi connectivity index (χ0v) is 16.7. The SMILES string of the molecule is O=C(Cc1nc2ccc(Cl)cc2[nH]1)N1CCCC1c1ccc2c(c1)OCCCO2. The van der Waals surface area contributed by atoms with E-state index in [1.807, 2.05) is 35.2 Å². The van der Waals surface area contributed by atoms with E-state index in [9.17, 15) is 4.79 Å². The van der Waals surface area contributed by atoms with E-state index in [1.165, 1.54) is 0 Å². The van der Waals surface area contributed by atoms with Gasteiger partial charge in [0.05, 0.1) is 36.7 Å². The van der Waals surface area contributed by atoms with E-state index in [2.05, 4.69) is 9.97 Å². The normalized spacial score (nSPS) is 18.8. The van der Waals surface area contributed by atoms with E-state index in [0.717, 1.165) is 53.9 Å². The van der Waals surface area contributed by atoms with Crippen LogP contribution >= 0.6 is 11.6 Å². The lowest BCUT2D eigenvalue weighted by molar-refractivity contribution is -0.131. The lowest BCUT2D eigenvalue weighted by Gasteiger charge is -2.25. The van der Waals surface area contributed by atoms with Gasteiger partial charge in [0.25, 0.3) is 0 Å². The number of halogens is 1. The third-order valence-corrected chi connectivity index (χ3v) is 5.78. The second-order valence-electron chi connectivity index (χ2n) is 7.52. The van der Waals surface area contributed by atoms with Crippen LogP contribution in [0.1, 0.15) is 36.7 Å². The average Bonchev–Trinajstić information content (AvgIpc) is 3.28. The maximum absolute atomic E-state index is 13.1. The molecule has 0 bridgehead atoms. The van der Waals surface area contributed by atoms with Gasteiger partial charge in [-0.25, -0.2) is 4.98 Å². The Bertz CT molecular complexity index is 1060. The Morgan fingerprint density at radius 1 is 1.14 bits per heavy atom. The predicted octanol–water partition coefficient (Wildman–Crippen LogP) is 4.28. The van der Waals surface area contributed by atoms with Crippen LogP contribution in [0.5, 0.6) is 11.5 Å². The van der Waals surface area contributed by atoms with Crippen molar-refractivity contribution in [3.05, 3.63) is 52.8 Å². The van der Waals surface area contributed by atoms with Gasteiger partial charge in [0, 0.05) is 18.0 Å². The van der Waals surface area contributed by atoms with Crippen LogP contribution in [-0.2, 0) is 11.2 Å². The maximum atomic E-state index is 13.1. The molecule has 150 valence electrons. The largest absolute Gasteiger partial charge is 0.490 e. The molecule has 6 nitrogen and oxygen atoms in total. The van der Waals surface area contributed by atoms with Crippen LogP contribution in [0.4, 0.5) is 0 Å². The molecule has 2 aliphatic heterocycles. The quantitative estimate of drug-likeness (QED) is 0.698. The molecule has 1 fully saturated rings. The molecule has 29 heavy (non-hydrogen) atoms. The maximum Gasteiger partial charge on any atom is 0.230 e. The van der Waals surface area contributed by atoms with Crippen LogP contribution in [0.2, 0.25) is 5.02 Å². The summed E-state index contributed by atoms with van der Waals surface area (Å²) in [5.74, 6) is 2.29. The Morgan fingerprint density at radius 3 is 2.90 bits per heavy atom. The molecule has 1 unspecified atom stereocenters. The van der Waals surface area contributed by atoms with Crippen LogP contribution in [0.3, 0.4) is 0 Å². The predicted molar refractivity (Wildman–Crippen MR) is 111 cm³/mol. The molecule has 0 radical (unpaired) electrons. The van der Waals surface area contributed by atoms with E-state index in [4.69, 9.17) is 21.1 Å². The first-order valence-corrected chi connectivity index (χ1v) is 10.4. The summed E-state index contributed by atoms with van der Waals surface area (Å²) < 4.78 is 11.6. The first-order valence-electron chi connectivity index (χ1n) is 10.0. The fraction of sp³-hybridized carbons (Fsp3) is 0.364. The third kappa shape index (κ3) is 3.65. The molecule has 3 aromatic rings. The lowest BCUT2D eigenvalue weighted by Crippen LogP contribution is -2.32. The van der Waals surface area contributed by atoms with Gasteiger partial charge in [-0.15, -0.1) is 0 Å². The molecular weight excluding hydrogens is 390 g/mol. The second-order valence-corrected chi connectivity index (χ2v) is 7.96. The highest BCUT2D eigenvalue weighted by Gasteiger charge is 2.31. The number of benzene rings is 2. The molecule has 0 aliphatic carbocycles. The number of hydrogen-bond acceptors (Lipinski definition) is 4. The number of aromatic amines is 1. The first-order chi connectivity index (χ1) is 14.2. The molecule has 0 spiro atoms. The summed E-state index contributed by atoms with van der Waals surface area (Å²) in [6, 6.07) is 11.6. The topological polar surface area (TPSA) is 67.5 Å². The van der Waals surface area contributed by atoms with Crippen molar-refractivity contribution in [3.63, 3.8) is 0 Å². The van der Waals surface area contributed by atoms with Crippen LogP contribution in [0.15, 0.2) is 36.4 Å². The van der Waals surface area contributed by atoms with Gasteiger partial charge in [-0.1, -0.05) is 17.7 Å². The Balaban J connectivity index is 1.35. The Kier molecular flexibility index (Phi) is 4.79. The van der Waals surface area contributed by atoms with Gasteiger partial charge in [-0.05, 0) is 48.7 Å². The van der Waals surface area contributed by atoms with Gasteiger partial charge in [0.15, 0.2) is 11.5 Å². The van der Waals surface area contributed by atoms with E-state index in [-0.39, 0.29) is 18.4 Å². The summed E-state index contributed by atoms with van der Waals surface area (Å²) in [5, 5.41) is 0.646. The number of aromatic nitrogens is 2. The monoisotopic (exact) mass is 411 g/mol. The molecular formula is C22H22ClN3O3. The smallest absolute Gasteiger partial charge is 0.230 e. The molecule has 0 saturated carbocycles. The van der Waals surface area contributed by atoms with E-state index in [0.29, 0.717) is 24.1 Å². The number of carbonyl (C=O) groups excluding carboxylic acids is 1. The molecule has 7 heteroatoms. The highest BCUT2D eigenvalue weighted by atomic mass is 35.5. The molecule has 2 aromatic carbocycles. The minimum absolute atomic E-state index is 0.0541. The Hall–Kier alpha value is -2.73. The van der Waals surface area contributed by atoms with Crippen molar-refractivity contribution in [1.29, 1.82) is 0 Å². The average molecular weight is 412 g/mol. The van der Waals surface area contributed by atoms with Crippen molar-refractivity contribution in [2.45, 2.75) is 31.7 Å². The summed E-state index contributed by atoms with van der Waals surface area (Å²) >= 11 is 6.04. The molecule has 5 rings (SSSR count). The van der Waals surface area contributed by atoms with Crippen molar-refractivity contribution >= 4 is 28.5 Å². The van der Waals surface area contributed by atoms with Crippen molar-refractivity contribution in [1.82, 2.24) is 14.9 Å². The van der Waals surface area contributed by atoms with Crippen LogP contribution in [0.25, 0.3) is 11.0 Å². The number of H-pyrrole nitrogens is 1. The highest BCUT2D eigenvalue weighted by molar-refractivity contribution is 6.31. The van der Waals surface area contributed by atoms with Gasteiger partial charge >= 0.3 is 0 Å². The number of hydrogen-bond donors (Lipinski definition) is 1. The summed E-state index contributed by atoms with van der Waals surface area (Å²) in [4.78, 5) is 22.8. The number of nitrogens with one attached hydrogen (secondary N) is 1. The number of likely N-dealkylation sites (tertiary alicyclic amines) is 1. The van der Waals surface area contributed by atoms with E-state index < -0.39 is 0 Å². The van der Waals surface area contributed by atoms with E-state index in [1.54, 1.807) is 6.07 Å². The number of carbonyl (C=O) groups is 1. The zero-order chi connectivity index (χ0) is 19.8. The molecule has 3 heterocycles. The van der Waals surface area contributed by atoms with E-state index >= 15 is 0 Å². The molecule has 1 saturated heterocycles. The Morgan fingerprint density at radius 2 is 2.00 bits per heavy atom. The highest BCUT2D eigenvalue weighted by Crippen LogP contribution is 2.38. The third-order valence-electron chi connectivity index (χ3n) is 5.54. The second kappa shape index (κ2) is 7.59. The number of amides is 1. The van der Waals surface area contributed by atoms with Gasteiger partial charge in [-0.2, -0.15) is 0 Å². The Labute approximate surface area is 173 Å². The van der Waals surface area contributed by atoms with Crippen LogP contribution < -0.4 is 9.47 Å². The standard InChI is InChI=1S/C22H22ClN3O3/c23-15-5-6-16-17(12-15)25-21(24-16)13-22(27)26-8-1-3-18(26)14-4-7-19-20(11-14)29-10-2-9-28-19/h4-7,11-12,18H,1-3,8-10,13H2,(H,24,25). The molecule has 1 aromatic heterocycles. The minimum atomic E-state index is 0.0541. The number of imidazole rings is 1. The van der Waals surface area contributed by atoms with Crippen molar-refractivity contribution in [3.8, 4) is 11.5 Å². The minimum Gasteiger partial charge on any atom is -0.490 e. The first kappa shape index (κ1) is 18.3. The van der Waals surface area contributed by atoms with Gasteiger partial charge in [-0.3, -0.25) is 4.79 Å². The summed E-state index contributed by atoms with van der Waals surface area (Å²) in [7, 11) is 0. The van der Waals surface area contributed by atoms with Gasteiger partial charge in [0.2, 0.25) is 5.91 Å². The summed E-state index contributed by atoms with van der Waals surface area (Å²) in [6.45, 7) is 2.08. The molecule has 1 N–H and O–H groups in total. The molecule has 2 aliphatic rings. The number of fused-ring (bicyclic) bond motifs is 2. The number of ether oxygens (including phenoxy) is 2. The fourth-order valence-corrected chi connectivity index (χ4v) is 4.33. The van der Waals surface area contributed by atoms with Crippen molar-refractivity contribution in [2.75, 3.05) is 19.8 Å². The van der Waals surface area contributed by atoms with Crippen LogP contribution in [0, 0.1) is 0 Å². The van der Waals surface area contributed by atoms with Gasteiger partial charge in [0.1, 0.15) is 5.82 Å². The fourth-order valence-electron chi connectivity index (χ4n) is 4.16. The summed E-state index contributed by atoms with van der Waals surface area (Å²) in [5.41, 5.74) is 2.76. The number of rotatable bonds is 3. The van der Waals surface area contributed by atoms with Crippen molar-refractivity contribution in [2.24, 2.45) is 0 Å². The van der Waals surface area contributed by atoms with Crippen molar-refractivity contribution < 1.29 is 14.3 Å². The number of nitrogens with zero attached hydrogens (tertiary/aromatic N) is 2. The summed E-state index contributed by atoms with van der Waals surface area (Å²) in [6.07, 6.45) is 3.05. The molecule has 1 amide bonds. The van der Waals surface area contributed by atoms with Crippen LogP contribution in [-0.4, -0.2) is 40.5 Å².